The Bertz CT molecular complexity index is 789. The zero-order valence-electron chi connectivity index (χ0n) is 14.9. The van der Waals surface area contributed by atoms with Gasteiger partial charge in [-0.25, -0.2) is 5.43 Å². The first-order valence-electron chi connectivity index (χ1n) is 9.15. The van der Waals surface area contributed by atoms with E-state index in [1.807, 2.05) is 53.4 Å². The molecule has 2 fully saturated rings. The van der Waals surface area contributed by atoms with Crippen LogP contribution < -0.4 is 15.8 Å². The molecule has 2 unspecified atom stereocenters. The van der Waals surface area contributed by atoms with Gasteiger partial charge in [-0.1, -0.05) is 35.3 Å². The zero-order chi connectivity index (χ0) is 18.8. The standard InChI is InChI=1S/C20H22Cl2N4O/c21-15-3-1-14(2-4-15)19-18(13-23-24-19)20(27)26-11-9-25(10-12-26)17-7-5-16(22)6-8-17/h1-8,18-19,23-24H,9-13H2. The molecule has 0 bridgehead atoms. The van der Waals surface area contributed by atoms with Crippen LogP contribution in [0.25, 0.3) is 0 Å². The second-order valence-corrected chi connectivity index (χ2v) is 7.82. The number of carbonyl (C=O) groups is 1. The van der Waals surface area contributed by atoms with Crippen LogP contribution in [0.15, 0.2) is 48.5 Å². The van der Waals surface area contributed by atoms with Crippen molar-refractivity contribution in [1.82, 2.24) is 15.8 Å². The Balaban J connectivity index is 1.39. The number of piperazine rings is 1. The van der Waals surface area contributed by atoms with E-state index in [-0.39, 0.29) is 17.9 Å². The number of rotatable bonds is 3. The summed E-state index contributed by atoms with van der Waals surface area (Å²) in [5.74, 6) is 0.0801. The summed E-state index contributed by atoms with van der Waals surface area (Å²) in [6.45, 7) is 3.74. The Morgan fingerprint density at radius 1 is 0.889 bits per heavy atom. The van der Waals surface area contributed by atoms with Crippen LogP contribution in [-0.2, 0) is 4.79 Å². The molecule has 1 amide bonds. The fourth-order valence-electron chi connectivity index (χ4n) is 3.78. The summed E-state index contributed by atoms with van der Waals surface area (Å²) in [7, 11) is 0. The quantitative estimate of drug-likeness (QED) is 0.824. The molecule has 27 heavy (non-hydrogen) atoms. The first-order chi connectivity index (χ1) is 13.1. The second-order valence-electron chi connectivity index (χ2n) is 6.95. The number of carbonyl (C=O) groups excluding carboxylic acids is 1. The number of amides is 1. The number of nitrogens with zero attached hydrogens (tertiary/aromatic N) is 2. The topological polar surface area (TPSA) is 47.6 Å². The summed E-state index contributed by atoms with van der Waals surface area (Å²) in [5, 5.41) is 1.44. The smallest absolute Gasteiger partial charge is 0.229 e. The third kappa shape index (κ3) is 4.06. The lowest BCUT2D eigenvalue weighted by molar-refractivity contribution is -0.135. The molecule has 2 heterocycles. The highest BCUT2D eigenvalue weighted by atomic mass is 35.5. The van der Waals surface area contributed by atoms with E-state index in [9.17, 15) is 4.79 Å². The van der Waals surface area contributed by atoms with Crippen LogP contribution in [0.4, 0.5) is 5.69 Å². The molecule has 0 radical (unpaired) electrons. The SMILES string of the molecule is O=C(C1CNNC1c1ccc(Cl)cc1)N1CCN(c2ccc(Cl)cc2)CC1. The predicted octanol–water partition coefficient (Wildman–Crippen LogP) is 3.11. The van der Waals surface area contributed by atoms with Crippen LogP contribution in [0.3, 0.4) is 0 Å². The number of anilines is 1. The van der Waals surface area contributed by atoms with E-state index in [4.69, 9.17) is 23.2 Å². The molecule has 142 valence electrons. The fraction of sp³-hybridized carbons (Fsp3) is 0.350. The predicted molar refractivity (Wildman–Crippen MR) is 109 cm³/mol. The Kier molecular flexibility index (Phi) is 5.55. The van der Waals surface area contributed by atoms with Crippen molar-refractivity contribution in [2.24, 2.45) is 5.92 Å². The number of benzene rings is 2. The van der Waals surface area contributed by atoms with Crippen LogP contribution in [0.2, 0.25) is 10.0 Å². The Hall–Kier alpha value is -1.79. The molecule has 2 atom stereocenters. The number of hydrazine groups is 1. The zero-order valence-corrected chi connectivity index (χ0v) is 16.4. The van der Waals surface area contributed by atoms with E-state index in [1.54, 1.807) is 0 Å². The van der Waals surface area contributed by atoms with E-state index < -0.39 is 0 Å². The molecule has 2 aliphatic heterocycles. The average Bonchev–Trinajstić information content (AvgIpc) is 3.18. The maximum absolute atomic E-state index is 13.1. The van der Waals surface area contributed by atoms with E-state index >= 15 is 0 Å². The van der Waals surface area contributed by atoms with Crippen molar-refractivity contribution in [3.8, 4) is 0 Å². The summed E-state index contributed by atoms with van der Waals surface area (Å²) >= 11 is 12.0. The third-order valence-electron chi connectivity index (χ3n) is 5.31. The summed E-state index contributed by atoms with van der Waals surface area (Å²) in [5.41, 5.74) is 8.60. The molecule has 5 nitrogen and oxygen atoms in total. The van der Waals surface area contributed by atoms with Crippen LogP contribution in [0.5, 0.6) is 0 Å². The van der Waals surface area contributed by atoms with Gasteiger partial charge in [0.2, 0.25) is 5.91 Å². The molecule has 2 aromatic carbocycles. The fourth-order valence-corrected chi connectivity index (χ4v) is 4.04. The highest BCUT2D eigenvalue weighted by molar-refractivity contribution is 6.30. The Labute approximate surface area is 169 Å². The van der Waals surface area contributed by atoms with Crippen molar-refractivity contribution in [2.45, 2.75) is 6.04 Å². The Morgan fingerprint density at radius 2 is 1.48 bits per heavy atom. The molecule has 0 aliphatic carbocycles. The number of halogens is 2. The Morgan fingerprint density at radius 3 is 2.11 bits per heavy atom. The molecule has 2 aromatic rings. The van der Waals surface area contributed by atoms with E-state index in [0.29, 0.717) is 11.6 Å². The van der Waals surface area contributed by atoms with Gasteiger partial charge in [0.25, 0.3) is 0 Å². The van der Waals surface area contributed by atoms with Crippen molar-refractivity contribution >= 4 is 34.8 Å². The first kappa shape index (κ1) is 18.6. The first-order valence-corrected chi connectivity index (χ1v) is 9.90. The maximum Gasteiger partial charge on any atom is 0.229 e. The van der Waals surface area contributed by atoms with E-state index in [0.717, 1.165) is 42.5 Å². The van der Waals surface area contributed by atoms with Gasteiger partial charge in [0.05, 0.1) is 12.0 Å². The van der Waals surface area contributed by atoms with Gasteiger partial charge >= 0.3 is 0 Å². The molecule has 2 aliphatic rings. The highest BCUT2D eigenvalue weighted by Gasteiger charge is 2.37. The largest absolute Gasteiger partial charge is 0.368 e. The summed E-state index contributed by atoms with van der Waals surface area (Å²) < 4.78 is 0. The van der Waals surface area contributed by atoms with Gasteiger partial charge in [-0.3, -0.25) is 10.2 Å². The van der Waals surface area contributed by atoms with Crippen LogP contribution in [0, 0.1) is 5.92 Å². The van der Waals surface area contributed by atoms with Crippen LogP contribution >= 0.6 is 23.2 Å². The second kappa shape index (κ2) is 8.07. The average molecular weight is 405 g/mol. The van der Waals surface area contributed by atoms with Crippen LogP contribution in [0.1, 0.15) is 11.6 Å². The van der Waals surface area contributed by atoms with Gasteiger partial charge in [0, 0.05) is 48.5 Å². The summed E-state index contributed by atoms with van der Waals surface area (Å²) in [6.07, 6.45) is 0. The molecule has 7 heteroatoms. The van der Waals surface area contributed by atoms with Gasteiger partial charge in [0.15, 0.2) is 0 Å². The van der Waals surface area contributed by atoms with Crippen molar-refractivity contribution in [3.63, 3.8) is 0 Å². The van der Waals surface area contributed by atoms with Gasteiger partial charge in [-0.15, -0.1) is 0 Å². The van der Waals surface area contributed by atoms with Crippen LogP contribution in [-0.4, -0.2) is 43.5 Å². The van der Waals surface area contributed by atoms with E-state index in [2.05, 4.69) is 15.8 Å². The lowest BCUT2D eigenvalue weighted by Gasteiger charge is -2.37. The molecule has 4 rings (SSSR count). The lowest BCUT2D eigenvalue weighted by Crippen LogP contribution is -2.51. The lowest BCUT2D eigenvalue weighted by atomic mass is 9.93. The third-order valence-corrected chi connectivity index (χ3v) is 5.82. The molecule has 0 aromatic heterocycles. The molecule has 2 N–H and O–H groups in total. The van der Waals surface area contributed by atoms with Gasteiger partial charge in [-0.05, 0) is 42.0 Å². The minimum absolute atomic E-state index is 0.0379. The normalized spacial score (nSPS) is 22.9. The maximum atomic E-state index is 13.1. The molecular weight excluding hydrogens is 383 g/mol. The number of nitrogens with one attached hydrogen (secondary N) is 2. The van der Waals surface area contributed by atoms with Gasteiger partial charge in [0.1, 0.15) is 0 Å². The number of hydrogen-bond donors (Lipinski definition) is 2. The molecule has 2 saturated heterocycles. The molecule has 0 saturated carbocycles. The molecule has 0 spiro atoms. The van der Waals surface area contributed by atoms with Crippen molar-refractivity contribution in [2.75, 3.05) is 37.6 Å². The molecular formula is C20H22Cl2N4O. The summed E-state index contributed by atoms with van der Waals surface area (Å²) in [4.78, 5) is 17.4. The monoisotopic (exact) mass is 404 g/mol. The summed E-state index contributed by atoms with van der Waals surface area (Å²) in [6, 6.07) is 15.5. The van der Waals surface area contributed by atoms with Gasteiger partial charge < -0.3 is 9.80 Å². The van der Waals surface area contributed by atoms with Crippen molar-refractivity contribution in [1.29, 1.82) is 0 Å². The van der Waals surface area contributed by atoms with Crippen molar-refractivity contribution in [3.05, 3.63) is 64.1 Å². The highest BCUT2D eigenvalue weighted by Crippen LogP contribution is 2.28. The van der Waals surface area contributed by atoms with E-state index in [1.165, 1.54) is 0 Å². The minimum Gasteiger partial charge on any atom is -0.368 e. The van der Waals surface area contributed by atoms with Gasteiger partial charge in [-0.2, -0.15) is 0 Å². The number of hydrogen-bond acceptors (Lipinski definition) is 4. The minimum atomic E-state index is -0.117. The van der Waals surface area contributed by atoms with Crippen molar-refractivity contribution < 1.29 is 4.79 Å².